The van der Waals surface area contributed by atoms with E-state index in [0.717, 1.165) is 11.4 Å². The number of ketones is 1. The van der Waals surface area contributed by atoms with Gasteiger partial charge in [-0.2, -0.15) is 0 Å². The highest BCUT2D eigenvalue weighted by Gasteiger charge is 2.27. The number of hydrogen-bond donors (Lipinski definition) is 1. The van der Waals surface area contributed by atoms with Crippen molar-refractivity contribution in [2.75, 3.05) is 7.11 Å². The van der Waals surface area contributed by atoms with Gasteiger partial charge in [-0.15, -0.1) is 10.2 Å². The molecule has 2 aromatic heterocycles. The highest BCUT2D eigenvalue weighted by molar-refractivity contribution is 8.00. The lowest BCUT2D eigenvalue weighted by Gasteiger charge is -2.10. The van der Waals surface area contributed by atoms with Crippen LogP contribution in [-0.2, 0) is 11.8 Å². The second-order valence-corrected chi connectivity index (χ2v) is 7.78. The van der Waals surface area contributed by atoms with E-state index in [1.165, 1.54) is 18.9 Å². The number of thioether (sulfide) groups is 1. The molecule has 1 atom stereocenters. The first-order valence-corrected chi connectivity index (χ1v) is 9.66. The molecule has 2 heterocycles. The fourth-order valence-corrected chi connectivity index (χ4v) is 3.95. The van der Waals surface area contributed by atoms with Crippen molar-refractivity contribution in [3.8, 4) is 11.4 Å². The number of nitrogens with one attached hydrogen (secondary N) is 1. The van der Waals surface area contributed by atoms with E-state index in [2.05, 4.69) is 15.2 Å². The summed E-state index contributed by atoms with van der Waals surface area (Å²) in [6, 6.07) is 9.76. The molecule has 0 radical (unpaired) electrons. The van der Waals surface area contributed by atoms with E-state index < -0.39 is 11.2 Å². The van der Waals surface area contributed by atoms with Crippen LogP contribution in [0.25, 0.3) is 11.4 Å². The van der Waals surface area contributed by atoms with Gasteiger partial charge in [0.15, 0.2) is 16.8 Å². The van der Waals surface area contributed by atoms with Gasteiger partial charge in [0.1, 0.15) is 0 Å². The average Bonchev–Trinajstić information content (AvgIpc) is 3.20. The molecule has 0 bridgehead atoms. The van der Waals surface area contributed by atoms with Gasteiger partial charge in [-0.05, 0) is 26.3 Å². The molecule has 0 aliphatic carbocycles. The number of benzene rings is 1. The van der Waals surface area contributed by atoms with Crippen molar-refractivity contribution in [2.24, 2.45) is 7.05 Å². The number of aromatic nitrogens is 4. The van der Waals surface area contributed by atoms with Gasteiger partial charge in [0, 0.05) is 18.3 Å². The van der Waals surface area contributed by atoms with Gasteiger partial charge in [0.2, 0.25) is 0 Å². The van der Waals surface area contributed by atoms with Crippen LogP contribution >= 0.6 is 11.8 Å². The highest BCUT2D eigenvalue weighted by Crippen LogP contribution is 2.29. The van der Waals surface area contributed by atoms with Crippen LogP contribution in [0.1, 0.15) is 39.0 Å². The molecule has 3 rings (SSSR count). The van der Waals surface area contributed by atoms with Crippen LogP contribution in [-0.4, -0.2) is 43.9 Å². The summed E-state index contributed by atoms with van der Waals surface area (Å²) in [5.74, 6) is 0.180. The van der Waals surface area contributed by atoms with Crippen LogP contribution in [0, 0.1) is 13.8 Å². The number of Topliss-reactive ketones (excluding diaryl/α,β-unsaturated/α-hetero) is 1. The Hall–Kier alpha value is -2.87. The minimum Gasteiger partial charge on any atom is -0.465 e. The largest absolute Gasteiger partial charge is 0.465 e. The Morgan fingerprint density at radius 2 is 1.86 bits per heavy atom. The maximum atomic E-state index is 13.0. The minimum absolute atomic E-state index is 0.106. The van der Waals surface area contributed by atoms with Gasteiger partial charge in [-0.3, -0.25) is 4.79 Å². The molecule has 146 valence electrons. The van der Waals surface area contributed by atoms with Crippen molar-refractivity contribution in [1.82, 2.24) is 19.7 Å². The molecular weight excluding hydrogens is 376 g/mol. The molecular formula is C20H22N4O3S. The van der Waals surface area contributed by atoms with Crippen LogP contribution in [0.15, 0.2) is 35.5 Å². The number of aryl methyl sites for hydroxylation is 1. The van der Waals surface area contributed by atoms with E-state index in [4.69, 9.17) is 4.74 Å². The second-order valence-electron chi connectivity index (χ2n) is 6.47. The second kappa shape index (κ2) is 8.02. The van der Waals surface area contributed by atoms with E-state index in [1.807, 2.05) is 48.9 Å². The first kappa shape index (κ1) is 19.9. The molecule has 0 aliphatic heterocycles. The van der Waals surface area contributed by atoms with E-state index in [9.17, 15) is 9.59 Å². The summed E-state index contributed by atoms with van der Waals surface area (Å²) in [4.78, 5) is 28.0. The van der Waals surface area contributed by atoms with Crippen LogP contribution in [0.3, 0.4) is 0 Å². The first-order chi connectivity index (χ1) is 13.3. The summed E-state index contributed by atoms with van der Waals surface area (Å²) in [6.45, 7) is 5.32. The highest BCUT2D eigenvalue weighted by atomic mass is 32.2. The summed E-state index contributed by atoms with van der Waals surface area (Å²) in [5, 5.41) is 8.73. The molecule has 1 aromatic carbocycles. The van der Waals surface area contributed by atoms with Gasteiger partial charge < -0.3 is 14.3 Å². The summed E-state index contributed by atoms with van der Waals surface area (Å²) < 4.78 is 6.68. The van der Waals surface area contributed by atoms with Crippen molar-refractivity contribution >= 4 is 23.5 Å². The lowest BCUT2D eigenvalue weighted by molar-refractivity contribution is 0.0599. The average molecular weight is 398 g/mol. The molecule has 0 unspecified atom stereocenters. The molecule has 0 saturated heterocycles. The topological polar surface area (TPSA) is 89.9 Å². The number of H-pyrrole nitrogens is 1. The van der Waals surface area contributed by atoms with E-state index in [1.54, 1.807) is 13.8 Å². The molecule has 0 amide bonds. The Bertz CT molecular complexity index is 1020. The number of ether oxygens (including phenoxy) is 1. The summed E-state index contributed by atoms with van der Waals surface area (Å²) in [7, 11) is 3.20. The van der Waals surface area contributed by atoms with Crippen molar-refractivity contribution in [1.29, 1.82) is 0 Å². The van der Waals surface area contributed by atoms with E-state index >= 15 is 0 Å². The third-order valence-electron chi connectivity index (χ3n) is 4.59. The number of nitrogens with zero attached hydrogens (tertiary/aromatic N) is 3. The van der Waals surface area contributed by atoms with Crippen molar-refractivity contribution in [2.45, 2.75) is 31.2 Å². The predicted octanol–water partition coefficient (Wildman–Crippen LogP) is 3.58. The number of hydrogen-bond acceptors (Lipinski definition) is 6. The summed E-state index contributed by atoms with van der Waals surface area (Å²) >= 11 is 1.33. The van der Waals surface area contributed by atoms with Crippen LogP contribution < -0.4 is 0 Å². The molecule has 8 heteroatoms. The van der Waals surface area contributed by atoms with Crippen molar-refractivity contribution in [3.05, 3.63) is 52.8 Å². The third kappa shape index (κ3) is 3.60. The lowest BCUT2D eigenvalue weighted by Crippen LogP contribution is -2.16. The van der Waals surface area contributed by atoms with E-state index in [-0.39, 0.29) is 5.78 Å². The van der Waals surface area contributed by atoms with Crippen LogP contribution in [0.2, 0.25) is 0 Å². The zero-order valence-electron chi connectivity index (χ0n) is 16.4. The summed E-state index contributed by atoms with van der Waals surface area (Å²) in [6.07, 6.45) is 0. The predicted molar refractivity (Wildman–Crippen MR) is 108 cm³/mol. The van der Waals surface area contributed by atoms with Crippen molar-refractivity contribution < 1.29 is 14.3 Å². The first-order valence-electron chi connectivity index (χ1n) is 8.78. The smallest absolute Gasteiger partial charge is 0.339 e. The summed E-state index contributed by atoms with van der Waals surface area (Å²) in [5.41, 5.74) is 3.01. The normalized spacial score (nSPS) is 12.0. The number of methoxy groups -OCH3 is 1. The quantitative estimate of drug-likeness (QED) is 0.388. The third-order valence-corrected chi connectivity index (χ3v) is 5.73. The molecule has 3 aromatic rings. The Morgan fingerprint density at radius 1 is 1.18 bits per heavy atom. The Labute approximate surface area is 167 Å². The monoisotopic (exact) mass is 398 g/mol. The lowest BCUT2D eigenvalue weighted by atomic mass is 10.1. The molecule has 0 aliphatic rings. The Kier molecular flexibility index (Phi) is 5.69. The van der Waals surface area contributed by atoms with Gasteiger partial charge >= 0.3 is 5.97 Å². The molecule has 7 nitrogen and oxygen atoms in total. The van der Waals surface area contributed by atoms with Crippen LogP contribution in [0.4, 0.5) is 0 Å². The zero-order chi connectivity index (χ0) is 20.4. The fraction of sp³-hybridized carbons (Fsp3) is 0.300. The van der Waals surface area contributed by atoms with Gasteiger partial charge in [-0.1, -0.05) is 42.1 Å². The number of aromatic amines is 1. The van der Waals surface area contributed by atoms with Gasteiger partial charge in [0.25, 0.3) is 0 Å². The standard InChI is InChI=1S/C20H22N4O3S/c1-11-15(19(26)27-5)12(2)21-16(11)17(25)13(3)28-20-23-22-18(24(20)4)14-9-7-6-8-10-14/h6-10,13,21H,1-5H3/t13-/m0/s1. The molecule has 0 saturated carbocycles. The van der Waals surface area contributed by atoms with E-state index in [0.29, 0.717) is 27.7 Å². The molecule has 1 N–H and O–H groups in total. The maximum Gasteiger partial charge on any atom is 0.339 e. The minimum atomic E-state index is -0.452. The van der Waals surface area contributed by atoms with Crippen molar-refractivity contribution in [3.63, 3.8) is 0 Å². The van der Waals surface area contributed by atoms with Crippen LogP contribution in [0.5, 0.6) is 0 Å². The Balaban J connectivity index is 1.83. The SMILES string of the molecule is COC(=O)c1c(C)[nH]c(C(=O)[C@H](C)Sc2nnc(-c3ccccc3)n2C)c1C. The van der Waals surface area contributed by atoms with Gasteiger partial charge in [0.05, 0.1) is 23.6 Å². The number of esters is 1. The zero-order valence-corrected chi connectivity index (χ0v) is 17.3. The number of rotatable bonds is 6. The molecule has 0 fully saturated rings. The number of carbonyl (C=O) groups excluding carboxylic acids is 2. The number of carbonyl (C=O) groups is 2. The maximum absolute atomic E-state index is 13.0. The fourth-order valence-electron chi connectivity index (χ4n) is 3.08. The Morgan fingerprint density at radius 3 is 2.50 bits per heavy atom. The molecule has 28 heavy (non-hydrogen) atoms. The molecule has 0 spiro atoms. The van der Waals surface area contributed by atoms with Gasteiger partial charge in [-0.25, -0.2) is 4.79 Å².